The molecule has 3 aromatic rings. The molecule has 19 heavy (non-hydrogen) atoms. The van der Waals surface area contributed by atoms with Crippen molar-refractivity contribution in [3.8, 4) is 11.1 Å². The van der Waals surface area contributed by atoms with E-state index in [1.165, 1.54) is 0 Å². The van der Waals surface area contributed by atoms with Crippen LogP contribution in [0.5, 0.6) is 0 Å². The lowest BCUT2D eigenvalue weighted by atomic mass is 10.1. The van der Waals surface area contributed by atoms with E-state index in [2.05, 4.69) is 0 Å². The molecule has 0 amide bonds. The highest BCUT2D eigenvalue weighted by Crippen LogP contribution is 2.32. The molecule has 4 heteroatoms. The van der Waals surface area contributed by atoms with E-state index in [1.807, 2.05) is 18.2 Å². The van der Waals surface area contributed by atoms with E-state index < -0.39 is 5.63 Å². The quantitative estimate of drug-likeness (QED) is 0.605. The molecule has 2 aromatic carbocycles. The van der Waals surface area contributed by atoms with Crippen molar-refractivity contribution in [2.75, 3.05) is 0 Å². The number of fused-ring (bicyclic) bond motifs is 1. The van der Waals surface area contributed by atoms with Crippen molar-refractivity contribution in [2.24, 2.45) is 0 Å². The zero-order chi connectivity index (χ0) is 13.4. The highest BCUT2D eigenvalue weighted by atomic mass is 35.5. The summed E-state index contributed by atoms with van der Waals surface area (Å²) in [5, 5.41) is 1.60. The van der Waals surface area contributed by atoms with Crippen LogP contribution in [0.4, 0.5) is 0 Å². The molecule has 0 saturated heterocycles. The van der Waals surface area contributed by atoms with Crippen LogP contribution in [0, 0.1) is 0 Å². The zero-order valence-electron chi connectivity index (χ0n) is 9.69. The monoisotopic (exact) mass is 290 g/mol. The molecule has 1 heterocycles. The number of hydrogen-bond donors (Lipinski definition) is 0. The van der Waals surface area contributed by atoms with Crippen molar-refractivity contribution in [1.29, 1.82) is 0 Å². The summed E-state index contributed by atoms with van der Waals surface area (Å²) in [4.78, 5) is 12.0. The summed E-state index contributed by atoms with van der Waals surface area (Å²) in [6.45, 7) is 0. The lowest BCUT2D eigenvalue weighted by Crippen LogP contribution is -2.03. The van der Waals surface area contributed by atoms with Crippen molar-refractivity contribution in [2.45, 2.75) is 0 Å². The molecule has 1 aromatic heterocycles. The SMILES string of the molecule is O=c1oc2ccccc2cc1-c1cccc(Cl)c1Cl. The maximum atomic E-state index is 12.0. The number of rotatable bonds is 1. The zero-order valence-corrected chi connectivity index (χ0v) is 11.2. The van der Waals surface area contributed by atoms with Gasteiger partial charge >= 0.3 is 5.63 Å². The smallest absolute Gasteiger partial charge is 0.344 e. The number of hydrogen-bond acceptors (Lipinski definition) is 2. The van der Waals surface area contributed by atoms with Gasteiger partial charge in [-0.3, -0.25) is 0 Å². The Morgan fingerprint density at radius 1 is 0.895 bits per heavy atom. The van der Waals surface area contributed by atoms with Crippen LogP contribution in [0.3, 0.4) is 0 Å². The summed E-state index contributed by atoms with van der Waals surface area (Å²) in [6.07, 6.45) is 0. The minimum absolute atomic E-state index is 0.353. The van der Waals surface area contributed by atoms with Crippen LogP contribution in [0.1, 0.15) is 0 Å². The molecule has 0 unspecified atom stereocenters. The first-order valence-electron chi connectivity index (χ1n) is 5.64. The van der Waals surface area contributed by atoms with Crippen LogP contribution in [-0.2, 0) is 0 Å². The van der Waals surface area contributed by atoms with Gasteiger partial charge in [0.25, 0.3) is 0 Å². The third kappa shape index (κ3) is 2.14. The van der Waals surface area contributed by atoms with Crippen LogP contribution in [0.25, 0.3) is 22.1 Å². The highest BCUT2D eigenvalue weighted by Gasteiger charge is 2.12. The van der Waals surface area contributed by atoms with Crippen molar-refractivity contribution in [3.05, 3.63) is 69.0 Å². The molecular formula is C15H8Cl2O2. The van der Waals surface area contributed by atoms with Crippen molar-refractivity contribution < 1.29 is 4.42 Å². The number of halogens is 2. The van der Waals surface area contributed by atoms with Gasteiger partial charge in [0.1, 0.15) is 5.58 Å². The Morgan fingerprint density at radius 2 is 1.68 bits per heavy atom. The van der Waals surface area contributed by atoms with E-state index in [1.54, 1.807) is 30.3 Å². The van der Waals surface area contributed by atoms with E-state index in [4.69, 9.17) is 27.6 Å². The summed E-state index contributed by atoms with van der Waals surface area (Å²) in [6, 6.07) is 14.3. The summed E-state index contributed by atoms with van der Waals surface area (Å²) in [5.41, 5.74) is 1.11. The molecule has 0 aliphatic carbocycles. The maximum absolute atomic E-state index is 12.0. The molecule has 94 valence electrons. The van der Waals surface area contributed by atoms with E-state index in [0.717, 1.165) is 5.39 Å². The molecule has 0 saturated carbocycles. The molecule has 0 bridgehead atoms. The summed E-state index contributed by atoms with van der Waals surface area (Å²) in [5.74, 6) is 0. The Morgan fingerprint density at radius 3 is 2.53 bits per heavy atom. The Kier molecular flexibility index (Phi) is 3.05. The minimum Gasteiger partial charge on any atom is -0.422 e. The highest BCUT2D eigenvalue weighted by molar-refractivity contribution is 6.43. The maximum Gasteiger partial charge on any atom is 0.344 e. The Bertz CT molecular complexity index is 822. The lowest BCUT2D eigenvalue weighted by Gasteiger charge is -2.05. The lowest BCUT2D eigenvalue weighted by molar-refractivity contribution is 0.563. The fraction of sp³-hybridized carbons (Fsp3) is 0. The van der Waals surface area contributed by atoms with Gasteiger partial charge in [0.15, 0.2) is 0 Å². The van der Waals surface area contributed by atoms with Crippen LogP contribution >= 0.6 is 23.2 Å². The Balaban J connectivity index is 2.34. The van der Waals surface area contributed by atoms with Gasteiger partial charge in [-0.05, 0) is 18.2 Å². The number of benzene rings is 2. The Labute approximate surface area is 119 Å². The van der Waals surface area contributed by atoms with Gasteiger partial charge in [0, 0.05) is 10.9 Å². The van der Waals surface area contributed by atoms with E-state index in [0.29, 0.717) is 26.8 Å². The molecule has 0 aliphatic rings. The molecule has 0 aliphatic heterocycles. The van der Waals surface area contributed by atoms with E-state index in [9.17, 15) is 4.79 Å². The molecule has 0 N–H and O–H groups in total. The summed E-state index contributed by atoms with van der Waals surface area (Å²) >= 11 is 12.1. The fourth-order valence-corrected chi connectivity index (χ4v) is 2.36. The molecule has 0 spiro atoms. The largest absolute Gasteiger partial charge is 0.422 e. The second-order valence-corrected chi connectivity index (χ2v) is 4.87. The standard InChI is InChI=1S/C15H8Cl2O2/c16-12-6-3-5-10(14(12)17)11-8-9-4-1-2-7-13(9)19-15(11)18/h1-8H. The fourth-order valence-electron chi connectivity index (χ4n) is 1.96. The molecular weight excluding hydrogens is 283 g/mol. The van der Waals surface area contributed by atoms with Gasteiger partial charge in [-0.15, -0.1) is 0 Å². The second-order valence-electron chi connectivity index (χ2n) is 4.09. The third-order valence-electron chi connectivity index (χ3n) is 2.88. The van der Waals surface area contributed by atoms with Crippen LogP contribution < -0.4 is 5.63 Å². The van der Waals surface area contributed by atoms with Gasteiger partial charge in [-0.1, -0.05) is 53.5 Å². The molecule has 3 rings (SSSR count). The van der Waals surface area contributed by atoms with Crippen LogP contribution in [-0.4, -0.2) is 0 Å². The van der Waals surface area contributed by atoms with Gasteiger partial charge in [0.05, 0.1) is 15.6 Å². The van der Waals surface area contributed by atoms with Gasteiger partial charge < -0.3 is 4.42 Å². The third-order valence-corrected chi connectivity index (χ3v) is 3.70. The van der Waals surface area contributed by atoms with Gasteiger partial charge in [-0.2, -0.15) is 0 Å². The van der Waals surface area contributed by atoms with Crippen molar-refractivity contribution in [1.82, 2.24) is 0 Å². The van der Waals surface area contributed by atoms with Crippen molar-refractivity contribution >= 4 is 34.2 Å². The number of para-hydroxylation sites is 1. The molecule has 2 nitrogen and oxygen atoms in total. The first-order valence-corrected chi connectivity index (χ1v) is 6.39. The molecule has 0 radical (unpaired) electrons. The predicted molar refractivity (Wildman–Crippen MR) is 77.9 cm³/mol. The normalized spacial score (nSPS) is 10.8. The first-order chi connectivity index (χ1) is 9.16. The molecule has 0 fully saturated rings. The summed E-state index contributed by atoms with van der Waals surface area (Å²) in [7, 11) is 0. The second kappa shape index (κ2) is 4.72. The average molecular weight is 291 g/mol. The topological polar surface area (TPSA) is 30.2 Å². The van der Waals surface area contributed by atoms with E-state index >= 15 is 0 Å². The van der Waals surface area contributed by atoms with Gasteiger partial charge in [0.2, 0.25) is 0 Å². The van der Waals surface area contributed by atoms with E-state index in [-0.39, 0.29) is 0 Å². The first kappa shape index (κ1) is 12.3. The van der Waals surface area contributed by atoms with Crippen LogP contribution in [0.2, 0.25) is 10.0 Å². The van der Waals surface area contributed by atoms with Crippen LogP contribution in [0.15, 0.2) is 57.7 Å². The average Bonchev–Trinajstić information content (AvgIpc) is 2.41. The summed E-state index contributed by atoms with van der Waals surface area (Å²) < 4.78 is 5.28. The predicted octanol–water partition coefficient (Wildman–Crippen LogP) is 4.77. The van der Waals surface area contributed by atoms with Gasteiger partial charge in [-0.25, -0.2) is 4.79 Å². The Hall–Kier alpha value is -1.77. The van der Waals surface area contributed by atoms with Crippen molar-refractivity contribution in [3.63, 3.8) is 0 Å². The minimum atomic E-state index is -0.428. The molecule has 0 atom stereocenters.